The van der Waals surface area contributed by atoms with Crippen LogP contribution in [-0.2, 0) is 6.42 Å². The number of methoxy groups -OCH3 is 2. The second-order valence-corrected chi connectivity index (χ2v) is 5.15. The van der Waals surface area contributed by atoms with Gasteiger partial charge in [-0.3, -0.25) is 0 Å². The quantitative estimate of drug-likeness (QED) is 0.927. The predicted octanol–water partition coefficient (Wildman–Crippen LogP) is 2.76. The van der Waals surface area contributed by atoms with E-state index in [2.05, 4.69) is 27.3 Å². The fourth-order valence-electron chi connectivity index (χ4n) is 2.28. The van der Waals surface area contributed by atoms with Crippen molar-refractivity contribution in [2.45, 2.75) is 25.3 Å². The summed E-state index contributed by atoms with van der Waals surface area (Å²) in [6, 6.07) is 4.60. The monoisotopic (exact) mass is 299 g/mol. The molecule has 1 fully saturated rings. The molecule has 17 heavy (non-hydrogen) atoms. The van der Waals surface area contributed by atoms with Crippen molar-refractivity contribution in [1.29, 1.82) is 0 Å². The van der Waals surface area contributed by atoms with Crippen LogP contribution in [0.25, 0.3) is 0 Å². The molecule has 2 rings (SSSR count). The molecule has 1 unspecified atom stereocenters. The number of halogens is 1. The molecule has 1 heterocycles. The fourth-order valence-corrected chi connectivity index (χ4v) is 2.76. The van der Waals surface area contributed by atoms with Gasteiger partial charge in [0.25, 0.3) is 0 Å². The molecule has 0 radical (unpaired) electrons. The Labute approximate surface area is 111 Å². The molecule has 0 saturated carbocycles. The molecule has 0 aromatic heterocycles. The van der Waals surface area contributed by atoms with E-state index in [1.807, 2.05) is 6.07 Å². The molecule has 0 amide bonds. The summed E-state index contributed by atoms with van der Waals surface area (Å²) in [5, 5.41) is 3.50. The third-order valence-corrected chi connectivity index (χ3v) is 3.80. The molecule has 4 heteroatoms. The third kappa shape index (κ3) is 2.93. The Morgan fingerprint density at radius 1 is 1.29 bits per heavy atom. The van der Waals surface area contributed by atoms with Crippen molar-refractivity contribution in [1.82, 2.24) is 5.32 Å². The van der Waals surface area contributed by atoms with Crippen LogP contribution in [0.5, 0.6) is 11.5 Å². The van der Waals surface area contributed by atoms with Gasteiger partial charge in [0, 0.05) is 6.04 Å². The summed E-state index contributed by atoms with van der Waals surface area (Å²) in [6.45, 7) is 1.13. The van der Waals surface area contributed by atoms with E-state index in [9.17, 15) is 0 Å². The summed E-state index contributed by atoms with van der Waals surface area (Å²) in [5.74, 6) is 1.78. The van der Waals surface area contributed by atoms with E-state index in [0.717, 1.165) is 28.9 Å². The first-order valence-corrected chi connectivity index (χ1v) is 6.67. The maximum absolute atomic E-state index is 5.42. The lowest BCUT2D eigenvalue weighted by molar-refractivity contribution is 0.394. The number of hydrogen-bond acceptors (Lipinski definition) is 3. The smallest absolute Gasteiger partial charge is 0.133 e. The minimum Gasteiger partial charge on any atom is -0.496 e. The predicted molar refractivity (Wildman–Crippen MR) is 72.0 cm³/mol. The van der Waals surface area contributed by atoms with Gasteiger partial charge in [-0.05, 0) is 59.4 Å². The molecular formula is C13H18BrNO2. The van der Waals surface area contributed by atoms with Gasteiger partial charge in [-0.15, -0.1) is 0 Å². The first-order chi connectivity index (χ1) is 8.24. The maximum Gasteiger partial charge on any atom is 0.133 e. The average Bonchev–Trinajstić information content (AvgIpc) is 2.83. The molecule has 1 aromatic rings. The van der Waals surface area contributed by atoms with Gasteiger partial charge in [-0.25, -0.2) is 0 Å². The first kappa shape index (κ1) is 12.7. The molecule has 3 nitrogen and oxygen atoms in total. The second-order valence-electron chi connectivity index (χ2n) is 4.30. The van der Waals surface area contributed by atoms with Crippen LogP contribution >= 0.6 is 15.9 Å². The summed E-state index contributed by atoms with van der Waals surface area (Å²) in [7, 11) is 3.39. The van der Waals surface area contributed by atoms with Gasteiger partial charge in [0.1, 0.15) is 11.5 Å². The Morgan fingerprint density at radius 2 is 2.06 bits per heavy atom. The van der Waals surface area contributed by atoms with Crippen LogP contribution < -0.4 is 14.8 Å². The minimum absolute atomic E-state index is 0.565. The summed E-state index contributed by atoms with van der Waals surface area (Å²) in [6.07, 6.45) is 3.50. The van der Waals surface area contributed by atoms with E-state index in [1.165, 1.54) is 18.4 Å². The van der Waals surface area contributed by atoms with Crippen LogP contribution in [0.1, 0.15) is 18.4 Å². The van der Waals surface area contributed by atoms with E-state index in [1.54, 1.807) is 14.2 Å². The van der Waals surface area contributed by atoms with Gasteiger partial charge in [-0.1, -0.05) is 0 Å². The summed E-state index contributed by atoms with van der Waals surface area (Å²) < 4.78 is 11.7. The van der Waals surface area contributed by atoms with Gasteiger partial charge >= 0.3 is 0 Å². The van der Waals surface area contributed by atoms with Crippen molar-refractivity contribution in [2.75, 3.05) is 20.8 Å². The highest BCUT2D eigenvalue weighted by molar-refractivity contribution is 9.10. The van der Waals surface area contributed by atoms with Gasteiger partial charge in [-0.2, -0.15) is 0 Å². The first-order valence-electron chi connectivity index (χ1n) is 5.88. The lowest BCUT2D eigenvalue weighted by atomic mass is 10.0. The number of benzene rings is 1. The van der Waals surface area contributed by atoms with Crippen LogP contribution in [0.4, 0.5) is 0 Å². The van der Waals surface area contributed by atoms with Crippen LogP contribution in [0.15, 0.2) is 16.6 Å². The van der Waals surface area contributed by atoms with E-state index >= 15 is 0 Å². The topological polar surface area (TPSA) is 30.5 Å². The molecule has 0 aliphatic carbocycles. The molecule has 1 aliphatic rings. The van der Waals surface area contributed by atoms with E-state index in [-0.39, 0.29) is 0 Å². The Bertz CT molecular complexity index is 389. The van der Waals surface area contributed by atoms with Gasteiger partial charge in [0.05, 0.1) is 18.7 Å². The largest absolute Gasteiger partial charge is 0.496 e. The summed E-state index contributed by atoms with van der Waals surface area (Å²) in [5.41, 5.74) is 1.20. The second kappa shape index (κ2) is 5.74. The maximum atomic E-state index is 5.42. The molecule has 1 aliphatic heterocycles. The fraction of sp³-hybridized carbons (Fsp3) is 0.538. The molecule has 1 N–H and O–H groups in total. The Hall–Kier alpha value is -0.740. The molecule has 0 bridgehead atoms. The van der Waals surface area contributed by atoms with Gasteiger partial charge in [0.15, 0.2) is 0 Å². The molecular weight excluding hydrogens is 282 g/mol. The highest BCUT2D eigenvalue weighted by Gasteiger charge is 2.18. The zero-order valence-electron chi connectivity index (χ0n) is 10.3. The highest BCUT2D eigenvalue weighted by atomic mass is 79.9. The highest BCUT2D eigenvalue weighted by Crippen LogP contribution is 2.33. The van der Waals surface area contributed by atoms with Crippen LogP contribution in [0.3, 0.4) is 0 Å². The lowest BCUT2D eigenvalue weighted by Gasteiger charge is -2.15. The molecule has 1 aromatic carbocycles. The van der Waals surface area contributed by atoms with Crippen LogP contribution in [0.2, 0.25) is 0 Å². The Morgan fingerprint density at radius 3 is 2.65 bits per heavy atom. The van der Waals surface area contributed by atoms with Crippen molar-refractivity contribution in [2.24, 2.45) is 0 Å². The zero-order valence-corrected chi connectivity index (χ0v) is 11.8. The molecule has 1 saturated heterocycles. The van der Waals surface area contributed by atoms with Crippen molar-refractivity contribution in [3.05, 3.63) is 22.2 Å². The Kier molecular flexibility index (Phi) is 4.29. The van der Waals surface area contributed by atoms with Crippen LogP contribution in [0, 0.1) is 0 Å². The zero-order chi connectivity index (χ0) is 12.3. The number of nitrogens with one attached hydrogen (secondary N) is 1. The Balaban J connectivity index is 2.23. The van der Waals surface area contributed by atoms with Crippen molar-refractivity contribution in [3.63, 3.8) is 0 Å². The van der Waals surface area contributed by atoms with E-state index in [4.69, 9.17) is 9.47 Å². The average molecular weight is 300 g/mol. The molecule has 0 spiro atoms. The number of rotatable bonds is 4. The van der Waals surface area contributed by atoms with Crippen molar-refractivity contribution < 1.29 is 9.47 Å². The van der Waals surface area contributed by atoms with Gasteiger partial charge < -0.3 is 14.8 Å². The normalized spacial score (nSPS) is 19.4. The van der Waals surface area contributed by atoms with Crippen LogP contribution in [-0.4, -0.2) is 26.8 Å². The standard InChI is InChI=1S/C13H18BrNO2/c1-16-12-8-11(14)13(17-2)7-9(12)6-10-4-3-5-15-10/h7-8,10,15H,3-6H2,1-2H3. The summed E-state index contributed by atoms with van der Waals surface area (Å²) >= 11 is 3.47. The van der Waals surface area contributed by atoms with Crippen molar-refractivity contribution in [3.8, 4) is 11.5 Å². The van der Waals surface area contributed by atoms with Crippen molar-refractivity contribution >= 4 is 15.9 Å². The number of hydrogen-bond donors (Lipinski definition) is 1. The lowest BCUT2D eigenvalue weighted by Crippen LogP contribution is -2.23. The SMILES string of the molecule is COc1cc(CC2CCCN2)c(OC)cc1Br. The minimum atomic E-state index is 0.565. The van der Waals surface area contributed by atoms with E-state index in [0.29, 0.717) is 6.04 Å². The molecule has 94 valence electrons. The summed E-state index contributed by atoms with van der Waals surface area (Å²) in [4.78, 5) is 0. The molecule has 1 atom stereocenters. The van der Waals surface area contributed by atoms with Gasteiger partial charge in [0.2, 0.25) is 0 Å². The number of ether oxygens (including phenoxy) is 2. The van der Waals surface area contributed by atoms with E-state index < -0.39 is 0 Å². The third-order valence-electron chi connectivity index (χ3n) is 3.18.